The molecule has 6 nitrogen and oxygen atoms in total. The second-order valence-corrected chi connectivity index (χ2v) is 6.46. The fourth-order valence-electron chi connectivity index (χ4n) is 2.98. The number of benzene rings is 1. The van der Waals surface area contributed by atoms with Crippen LogP contribution >= 0.6 is 0 Å². The lowest BCUT2D eigenvalue weighted by molar-refractivity contribution is 0.0946. The van der Waals surface area contributed by atoms with Crippen LogP contribution in [0.2, 0.25) is 0 Å². The largest absolute Gasteiger partial charge is 0.368 e. The summed E-state index contributed by atoms with van der Waals surface area (Å²) in [5.41, 5.74) is 1.44. The molecule has 2 aromatic rings. The van der Waals surface area contributed by atoms with Gasteiger partial charge in [-0.25, -0.2) is 14.4 Å². The number of hydrogen-bond donors (Lipinski definition) is 1. The van der Waals surface area contributed by atoms with E-state index in [2.05, 4.69) is 25.1 Å². The Balaban J connectivity index is 1.40. The average Bonchev–Trinajstić information content (AvgIpc) is 3.47. The molecular weight excluding hydrogens is 321 g/mol. The number of halogens is 1. The van der Waals surface area contributed by atoms with Crippen molar-refractivity contribution in [2.75, 3.05) is 36.0 Å². The monoisotopic (exact) mass is 341 g/mol. The summed E-state index contributed by atoms with van der Waals surface area (Å²) in [6.45, 7) is 3.22. The molecule has 25 heavy (non-hydrogen) atoms. The van der Waals surface area contributed by atoms with Gasteiger partial charge in [0.05, 0.1) is 0 Å². The minimum absolute atomic E-state index is 0.129. The van der Waals surface area contributed by atoms with Crippen molar-refractivity contribution in [3.63, 3.8) is 0 Å². The van der Waals surface area contributed by atoms with Crippen LogP contribution in [-0.2, 0) is 0 Å². The number of carbonyl (C=O) groups excluding carboxylic acids is 1. The van der Waals surface area contributed by atoms with Crippen LogP contribution < -0.4 is 15.1 Å². The topological polar surface area (TPSA) is 61.4 Å². The Morgan fingerprint density at radius 1 is 1.04 bits per heavy atom. The fourth-order valence-corrected chi connectivity index (χ4v) is 2.98. The number of anilines is 2. The van der Waals surface area contributed by atoms with Gasteiger partial charge in [0.1, 0.15) is 23.7 Å². The average molecular weight is 341 g/mol. The molecule has 7 heteroatoms. The van der Waals surface area contributed by atoms with Crippen LogP contribution in [0.1, 0.15) is 23.3 Å². The molecule has 1 aliphatic heterocycles. The third kappa shape index (κ3) is 3.70. The Labute approximate surface area is 145 Å². The van der Waals surface area contributed by atoms with Gasteiger partial charge in [0.15, 0.2) is 0 Å². The lowest BCUT2D eigenvalue weighted by Gasteiger charge is -2.36. The third-order valence-corrected chi connectivity index (χ3v) is 4.59. The summed E-state index contributed by atoms with van der Waals surface area (Å²) >= 11 is 0. The molecule has 1 aromatic heterocycles. The van der Waals surface area contributed by atoms with Crippen LogP contribution in [-0.4, -0.2) is 48.1 Å². The molecular formula is C18H20FN5O. The highest BCUT2D eigenvalue weighted by atomic mass is 19.1. The first-order valence-corrected chi connectivity index (χ1v) is 8.57. The summed E-state index contributed by atoms with van der Waals surface area (Å²) in [7, 11) is 0. The smallest absolute Gasteiger partial charge is 0.270 e. The van der Waals surface area contributed by atoms with Gasteiger partial charge in [0.2, 0.25) is 0 Å². The molecule has 0 unspecified atom stereocenters. The lowest BCUT2D eigenvalue weighted by Crippen LogP contribution is -2.47. The molecule has 1 aliphatic carbocycles. The molecule has 1 saturated carbocycles. The van der Waals surface area contributed by atoms with Gasteiger partial charge in [-0.05, 0) is 37.1 Å². The van der Waals surface area contributed by atoms with Gasteiger partial charge in [-0.1, -0.05) is 0 Å². The van der Waals surface area contributed by atoms with Gasteiger partial charge < -0.3 is 15.1 Å². The van der Waals surface area contributed by atoms with Crippen molar-refractivity contribution in [3.8, 4) is 0 Å². The molecule has 4 rings (SSSR count). The van der Waals surface area contributed by atoms with Crippen molar-refractivity contribution in [1.29, 1.82) is 0 Å². The Morgan fingerprint density at radius 2 is 1.72 bits per heavy atom. The number of piperazine rings is 1. The van der Waals surface area contributed by atoms with Crippen LogP contribution in [0.15, 0.2) is 36.7 Å². The zero-order chi connectivity index (χ0) is 17.2. The zero-order valence-corrected chi connectivity index (χ0v) is 13.9. The van der Waals surface area contributed by atoms with E-state index in [0.29, 0.717) is 11.7 Å². The summed E-state index contributed by atoms with van der Waals surface area (Å²) in [4.78, 5) is 24.9. The van der Waals surface area contributed by atoms with E-state index in [9.17, 15) is 9.18 Å². The molecule has 130 valence electrons. The quantitative estimate of drug-likeness (QED) is 0.919. The van der Waals surface area contributed by atoms with Crippen LogP contribution in [0.25, 0.3) is 0 Å². The normalized spacial score (nSPS) is 17.5. The van der Waals surface area contributed by atoms with Gasteiger partial charge >= 0.3 is 0 Å². The minimum Gasteiger partial charge on any atom is -0.368 e. The van der Waals surface area contributed by atoms with E-state index >= 15 is 0 Å². The summed E-state index contributed by atoms with van der Waals surface area (Å²) in [5.74, 6) is 0.422. The first-order valence-electron chi connectivity index (χ1n) is 8.57. The number of nitrogens with one attached hydrogen (secondary N) is 1. The maximum absolute atomic E-state index is 13.0. The first kappa shape index (κ1) is 15.8. The van der Waals surface area contributed by atoms with Gasteiger partial charge in [0, 0.05) is 44.0 Å². The molecule has 0 spiro atoms. The van der Waals surface area contributed by atoms with Crippen molar-refractivity contribution < 1.29 is 9.18 Å². The lowest BCUT2D eigenvalue weighted by atomic mass is 10.2. The van der Waals surface area contributed by atoms with Gasteiger partial charge in [-0.15, -0.1) is 0 Å². The number of amides is 1. The van der Waals surface area contributed by atoms with Crippen molar-refractivity contribution in [2.45, 2.75) is 18.9 Å². The Hall–Kier alpha value is -2.70. The molecule has 0 radical (unpaired) electrons. The second-order valence-electron chi connectivity index (χ2n) is 6.46. The molecule has 1 amide bonds. The SMILES string of the molecule is O=C(NC1CC1)c1cc(N2CCN(c3ccc(F)cc3)CC2)ncn1. The number of carbonyl (C=O) groups is 1. The Kier molecular flexibility index (Phi) is 4.21. The molecule has 2 aliphatic rings. The minimum atomic E-state index is -0.222. The van der Waals surface area contributed by atoms with Crippen molar-refractivity contribution in [3.05, 3.63) is 48.2 Å². The van der Waals surface area contributed by atoms with Crippen LogP contribution in [0, 0.1) is 5.82 Å². The summed E-state index contributed by atoms with van der Waals surface area (Å²) in [6, 6.07) is 8.63. The second kappa shape index (κ2) is 6.66. The van der Waals surface area contributed by atoms with Gasteiger partial charge in [0.25, 0.3) is 5.91 Å². The number of aromatic nitrogens is 2. The molecule has 1 saturated heterocycles. The van der Waals surface area contributed by atoms with E-state index in [-0.39, 0.29) is 11.7 Å². The third-order valence-electron chi connectivity index (χ3n) is 4.59. The highest BCUT2D eigenvalue weighted by molar-refractivity contribution is 5.93. The Bertz CT molecular complexity index is 754. The molecule has 2 fully saturated rings. The molecule has 2 heterocycles. The van der Waals surface area contributed by atoms with Crippen LogP contribution in [0.5, 0.6) is 0 Å². The maximum Gasteiger partial charge on any atom is 0.270 e. The molecule has 1 N–H and O–H groups in total. The number of hydrogen-bond acceptors (Lipinski definition) is 5. The van der Waals surface area contributed by atoms with Crippen molar-refractivity contribution in [2.24, 2.45) is 0 Å². The van der Waals surface area contributed by atoms with E-state index in [1.165, 1.54) is 18.5 Å². The van der Waals surface area contributed by atoms with Crippen molar-refractivity contribution >= 4 is 17.4 Å². The van der Waals surface area contributed by atoms with Crippen LogP contribution in [0.4, 0.5) is 15.9 Å². The number of nitrogens with zero attached hydrogens (tertiary/aromatic N) is 4. The maximum atomic E-state index is 13.0. The predicted molar refractivity (Wildman–Crippen MR) is 93.3 cm³/mol. The molecule has 1 aromatic carbocycles. The summed E-state index contributed by atoms with van der Waals surface area (Å²) in [5, 5.41) is 2.95. The van der Waals surface area contributed by atoms with E-state index in [1.807, 2.05) is 0 Å². The highest BCUT2D eigenvalue weighted by Gasteiger charge is 2.25. The van der Waals surface area contributed by atoms with Crippen molar-refractivity contribution in [1.82, 2.24) is 15.3 Å². The van der Waals surface area contributed by atoms with Gasteiger partial charge in [-0.2, -0.15) is 0 Å². The number of rotatable bonds is 4. The fraction of sp³-hybridized carbons (Fsp3) is 0.389. The van der Waals surface area contributed by atoms with E-state index in [0.717, 1.165) is 50.5 Å². The predicted octanol–water partition coefficient (Wildman–Crippen LogP) is 1.83. The Morgan fingerprint density at radius 3 is 2.40 bits per heavy atom. The molecule has 0 bridgehead atoms. The molecule has 0 atom stereocenters. The first-order chi connectivity index (χ1) is 12.2. The standard InChI is InChI=1S/C18H20FN5O/c19-13-1-5-15(6-2-13)23-7-9-24(10-8-23)17-11-16(20-12-21-17)18(25)22-14-3-4-14/h1-2,5-6,11-12,14H,3-4,7-10H2,(H,22,25). The highest BCUT2D eigenvalue weighted by Crippen LogP contribution is 2.21. The summed E-state index contributed by atoms with van der Waals surface area (Å²) < 4.78 is 13.0. The van der Waals surface area contributed by atoms with Crippen LogP contribution in [0.3, 0.4) is 0 Å². The van der Waals surface area contributed by atoms with E-state index in [1.54, 1.807) is 18.2 Å². The van der Waals surface area contributed by atoms with Gasteiger partial charge in [-0.3, -0.25) is 4.79 Å². The zero-order valence-electron chi connectivity index (χ0n) is 13.9. The van der Waals surface area contributed by atoms with E-state index < -0.39 is 0 Å². The summed E-state index contributed by atoms with van der Waals surface area (Å²) in [6.07, 6.45) is 3.55. The van der Waals surface area contributed by atoms with E-state index in [4.69, 9.17) is 0 Å².